The zero-order valence-electron chi connectivity index (χ0n) is 14.2. The molecule has 2 fully saturated rings. The van der Waals surface area contributed by atoms with E-state index in [1.165, 1.54) is 38.6 Å². The van der Waals surface area contributed by atoms with Crippen molar-refractivity contribution in [1.82, 2.24) is 10.2 Å². The molecule has 0 radical (unpaired) electrons. The average Bonchev–Trinajstić information content (AvgIpc) is 2.49. The lowest BCUT2D eigenvalue weighted by atomic mass is 9.81. The number of ether oxygens (including phenoxy) is 2. The third-order valence-corrected chi connectivity index (χ3v) is 5.23. The number of nitrogens with zero attached hydrogens (tertiary/aromatic N) is 1. The van der Waals surface area contributed by atoms with Crippen molar-refractivity contribution >= 4 is 0 Å². The Kier molecular flexibility index (Phi) is 6.93. The highest BCUT2D eigenvalue weighted by Gasteiger charge is 2.36. The minimum absolute atomic E-state index is 0.232. The van der Waals surface area contributed by atoms with Gasteiger partial charge in [0.05, 0.1) is 19.8 Å². The molecule has 1 aliphatic carbocycles. The van der Waals surface area contributed by atoms with Crippen LogP contribution in [0.5, 0.6) is 0 Å². The minimum Gasteiger partial charge on any atom is -0.382 e. The van der Waals surface area contributed by atoms with Gasteiger partial charge in [-0.2, -0.15) is 0 Å². The number of rotatable bonds is 7. The molecule has 1 heterocycles. The highest BCUT2D eigenvalue weighted by Crippen LogP contribution is 2.30. The summed E-state index contributed by atoms with van der Waals surface area (Å²) in [5, 5.41) is 3.82. The Morgan fingerprint density at radius 1 is 1.10 bits per heavy atom. The summed E-state index contributed by atoms with van der Waals surface area (Å²) < 4.78 is 10.7. The first-order chi connectivity index (χ1) is 10.1. The fourth-order valence-electron chi connectivity index (χ4n) is 3.71. The van der Waals surface area contributed by atoms with E-state index in [-0.39, 0.29) is 5.54 Å². The smallest absolute Gasteiger partial charge is 0.0700 e. The number of hydrogen-bond donors (Lipinski definition) is 1. The molecule has 0 aromatic carbocycles. The third-order valence-electron chi connectivity index (χ3n) is 5.23. The summed E-state index contributed by atoms with van der Waals surface area (Å²) in [4.78, 5) is 2.62. The number of nitrogens with one attached hydrogen (secondary N) is 1. The van der Waals surface area contributed by atoms with Gasteiger partial charge < -0.3 is 14.8 Å². The normalized spacial score (nSPS) is 27.9. The van der Waals surface area contributed by atoms with Crippen LogP contribution in [-0.2, 0) is 9.47 Å². The van der Waals surface area contributed by atoms with Crippen molar-refractivity contribution in [2.24, 2.45) is 5.92 Å². The Bertz CT molecular complexity index is 291. The van der Waals surface area contributed by atoms with E-state index in [1.807, 2.05) is 0 Å². The highest BCUT2D eigenvalue weighted by atomic mass is 16.5. The Hall–Kier alpha value is -0.160. The van der Waals surface area contributed by atoms with Crippen LogP contribution in [0.25, 0.3) is 0 Å². The first-order valence-corrected chi connectivity index (χ1v) is 8.68. The molecule has 1 atom stereocenters. The van der Waals surface area contributed by atoms with Crippen LogP contribution in [0.1, 0.15) is 46.0 Å². The number of hydrogen-bond acceptors (Lipinski definition) is 4. The lowest BCUT2D eigenvalue weighted by molar-refractivity contribution is 0.00595. The van der Waals surface area contributed by atoms with Crippen molar-refractivity contribution in [3.05, 3.63) is 0 Å². The van der Waals surface area contributed by atoms with E-state index < -0.39 is 0 Å². The largest absolute Gasteiger partial charge is 0.382 e. The van der Waals surface area contributed by atoms with Gasteiger partial charge in [-0.3, -0.25) is 4.90 Å². The Morgan fingerprint density at radius 3 is 2.57 bits per heavy atom. The first kappa shape index (κ1) is 17.2. The molecule has 0 aromatic heterocycles. The molecule has 2 rings (SSSR count). The minimum atomic E-state index is 0.232. The predicted octanol–water partition coefficient (Wildman–Crippen LogP) is 2.28. The zero-order valence-corrected chi connectivity index (χ0v) is 14.2. The summed E-state index contributed by atoms with van der Waals surface area (Å²) in [7, 11) is 1.72. The molecule has 4 nitrogen and oxygen atoms in total. The lowest BCUT2D eigenvalue weighted by Crippen LogP contribution is -2.64. The summed E-state index contributed by atoms with van der Waals surface area (Å²) in [5.74, 6) is 0.881. The van der Waals surface area contributed by atoms with Crippen LogP contribution in [0.4, 0.5) is 0 Å². The standard InChI is InChI=1S/C17H34N2O2/c1-17(2)14-18-16(15-7-5-4-6-8-15)13-19(17)9-10-21-12-11-20-3/h15-16,18H,4-14H2,1-3H3. The molecular formula is C17H34N2O2. The molecule has 1 aliphatic heterocycles. The van der Waals surface area contributed by atoms with Gasteiger partial charge in [-0.15, -0.1) is 0 Å². The van der Waals surface area contributed by atoms with Gasteiger partial charge in [0.2, 0.25) is 0 Å². The predicted molar refractivity (Wildman–Crippen MR) is 86.7 cm³/mol. The SMILES string of the molecule is COCCOCCN1CC(C2CCCCC2)NCC1(C)C. The number of methoxy groups -OCH3 is 1. The van der Waals surface area contributed by atoms with Crippen LogP contribution in [0.15, 0.2) is 0 Å². The van der Waals surface area contributed by atoms with Crippen molar-refractivity contribution in [3.8, 4) is 0 Å². The lowest BCUT2D eigenvalue weighted by Gasteiger charge is -2.48. The Morgan fingerprint density at radius 2 is 1.86 bits per heavy atom. The Balaban J connectivity index is 1.78. The van der Waals surface area contributed by atoms with Gasteiger partial charge in [-0.25, -0.2) is 0 Å². The van der Waals surface area contributed by atoms with E-state index in [0.29, 0.717) is 19.3 Å². The van der Waals surface area contributed by atoms with Gasteiger partial charge in [-0.05, 0) is 32.6 Å². The van der Waals surface area contributed by atoms with Crippen LogP contribution in [-0.4, -0.2) is 63.0 Å². The molecule has 4 heteroatoms. The quantitative estimate of drug-likeness (QED) is 0.731. The van der Waals surface area contributed by atoms with E-state index >= 15 is 0 Å². The van der Waals surface area contributed by atoms with Gasteiger partial charge in [0.1, 0.15) is 0 Å². The maximum Gasteiger partial charge on any atom is 0.0700 e. The van der Waals surface area contributed by atoms with Crippen molar-refractivity contribution in [3.63, 3.8) is 0 Å². The van der Waals surface area contributed by atoms with Crippen LogP contribution in [0.2, 0.25) is 0 Å². The van der Waals surface area contributed by atoms with Crippen molar-refractivity contribution < 1.29 is 9.47 Å². The van der Waals surface area contributed by atoms with Crippen LogP contribution < -0.4 is 5.32 Å². The first-order valence-electron chi connectivity index (χ1n) is 8.68. The second-order valence-electron chi connectivity index (χ2n) is 7.25. The topological polar surface area (TPSA) is 33.7 Å². The van der Waals surface area contributed by atoms with Gasteiger partial charge in [0, 0.05) is 38.3 Å². The maximum absolute atomic E-state index is 5.66. The summed E-state index contributed by atoms with van der Waals surface area (Å²) in [5.41, 5.74) is 0.232. The van der Waals surface area contributed by atoms with E-state index in [0.717, 1.165) is 25.6 Å². The molecule has 0 aromatic rings. The van der Waals surface area contributed by atoms with Crippen LogP contribution in [0, 0.1) is 5.92 Å². The third kappa shape index (κ3) is 5.20. The second-order valence-corrected chi connectivity index (χ2v) is 7.25. The summed E-state index contributed by atoms with van der Waals surface area (Å²) >= 11 is 0. The summed E-state index contributed by atoms with van der Waals surface area (Å²) in [6.45, 7) is 10.2. The summed E-state index contributed by atoms with van der Waals surface area (Å²) in [6.07, 6.45) is 7.11. The summed E-state index contributed by atoms with van der Waals surface area (Å²) in [6, 6.07) is 0.678. The average molecular weight is 298 g/mol. The maximum atomic E-state index is 5.66. The zero-order chi connectivity index (χ0) is 15.1. The molecule has 1 unspecified atom stereocenters. The molecule has 1 N–H and O–H groups in total. The van der Waals surface area contributed by atoms with Gasteiger partial charge in [-0.1, -0.05) is 19.3 Å². The van der Waals surface area contributed by atoms with E-state index in [9.17, 15) is 0 Å². The van der Waals surface area contributed by atoms with Crippen LogP contribution in [0.3, 0.4) is 0 Å². The van der Waals surface area contributed by atoms with Gasteiger partial charge >= 0.3 is 0 Å². The van der Waals surface area contributed by atoms with E-state index in [2.05, 4.69) is 24.1 Å². The fraction of sp³-hybridized carbons (Fsp3) is 1.00. The second kappa shape index (κ2) is 8.47. The molecule has 2 aliphatic rings. The van der Waals surface area contributed by atoms with Gasteiger partial charge in [0.15, 0.2) is 0 Å². The van der Waals surface area contributed by atoms with E-state index in [1.54, 1.807) is 7.11 Å². The molecule has 0 spiro atoms. The fourth-order valence-corrected chi connectivity index (χ4v) is 3.71. The molecular weight excluding hydrogens is 264 g/mol. The van der Waals surface area contributed by atoms with Crippen molar-refractivity contribution in [2.75, 3.05) is 46.6 Å². The monoisotopic (exact) mass is 298 g/mol. The molecule has 124 valence electrons. The molecule has 0 bridgehead atoms. The van der Waals surface area contributed by atoms with E-state index in [4.69, 9.17) is 9.47 Å². The van der Waals surface area contributed by atoms with Gasteiger partial charge in [0.25, 0.3) is 0 Å². The van der Waals surface area contributed by atoms with Crippen LogP contribution >= 0.6 is 0 Å². The Labute approximate surface area is 130 Å². The molecule has 21 heavy (non-hydrogen) atoms. The molecule has 1 saturated heterocycles. The van der Waals surface area contributed by atoms with Crippen molar-refractivity contribution in [2.45, 2.75) is 57.5 Å². The molecule has 1 saturated carbocycles. The van der Waals surface area contributed by atoms with Crippen molar-refractivity contribution in [1.29, 1.82) is 0 Å². The highest BCUT2D eigenvalue weighted by molar-refractivity contribution is 4.95. The molecule has 0 amide bonds. The number of piperazine rings is 1.